The molecule has 2 heteroatoms. The molecule has 12 heavy (non-hydrogen) atoms. The van der Waals surface area contributed by atoms with E-state index in [-0.39, 0.29) is 6.10 Å². The van der Waals surface area contributed by atoms with Crippen LogP contribution in [0.4, 0.5) is 0 Å². The SMILES string of the molecule is CC(C)N1CC(O)CCCC1C. The van der Waals surface area contributed by atoms with Crippen molar-refractivity contribution in [2.24, 2.45) is 0 Å². The molecule has 1 rings (SSSR count). The van der Waals surface area contributed by atoms with Crippen LogP contribution >= 0.6 is 0 Å². The zero-order valence-electron chi connectivity index (χ0n) is 8.45. The first kappa shape index (κ1) is 10.0. The number of aliphatic hydroxyl groups is 1. The van der Waals surface area contributed by atoms with Crippen LogP contribution in [0.25, 0.3) is 0 Å². The van der Waals surface area contributed by atoms with E-state index in [1.165, 1.54) is 12.8 Å². The van der Waals surface area contributed by atoms with Gasteiger partial charge in [0.2, 0.25) is 0 Å². The summed E-state index contributed by atoms with van der Waals surface area (Å²) in [5.74, 6) is 0. The Balaban J connectivity index is 2.54. The van der Waals surface area contributed by atoms with Crippen LogP contribution in [0.5, 0.6) is 0 Å². The lowest BCUT2D eigenvalue weighted by Gasteiger charge is -2.31. The average Bonchev–Trinajstić information content (AvgIpc) is 2.13. The fourth-order valence-corrected chi connectivity index (χ4v) is 2.05. The highest BCUT2D eigenvalue weighted by Crippen LogP contribution is 2.18. The van der Waals surface area contributed by atoms with Crippen molar-refractivity contribution in [2.45, 2.75) is 58.2 Å². The van der Waals surface area contributed by atoms with Gasteiger partial charge >= 0.3 is 0 Å². The molecule has 0 bridgehead atoms. The first-order valence-electron chi connectivity index (χ1n) is 5.05. The molecule has 1 aliphatic heterocycles. The highest BCUT2D eigenvalue weighted by atomic mass is 16.3. The minimum atomic E-state index is -0.0997. The van der Waals surface area contributed by atoms with Crippen LogP contribution in [0.1, 0.15) is 40.0 Å². The summed E-state index contributed by atoms with van der Waals surface area (Å²) in [4.78, 5) is 2.40. The third kappa shape index (κ3) is 2.46. The maximum atomic E-state index is 9.58. The van der Waals surface area contributed by atoms with Crippen molar-refractivity contribution < 1.29 is 5.11 Å². The van der Waals surface area contributed by atoms with Crippen molar-refractivity contribution in [1.29, 1.82) is 0 Å². The van der Waals surface area contributed by atoms with E-state index in [4.69, 9.17) is 0 Å². The Morgan fingerprint density at radius 3 is 2.58 bits per heavy atom. The molecule has 72 valence electrons. The standard InChI is InChI=1S/C10H21NO/c1-8(2)11-7-10(12)6-4-5-9(11)3/h8-10,12H,4-7H2,1-3H3. The van der Waals surface area contributed by atoms with Gasteiger partial charge in [-0.2, -0.15) is 0 Å². The monoisotopic (exact) mass is 171 g/mol. The number of hydrogen-bond acceptors (Lipinski definition) is 2. The van der Waals surface area contributed by atoms with Crippen LogP contribution < -0.4 is 0 Å². The van der Waals surface area contributed by atoms with Crippen LogP contribution in [-0.4, -0.2) is 34.7 Å². The molecule has 0 spiro atoms. The maximum absolute atomic E-state index is 9.58. The molecule has 0 amide bonds. The lowest BCUT2D eigenvalue weighted by Crippen LogP contribution is -2.41. The Hall–Kier alpha value is -0.0800. The third-order valence-corrected chi connectivity index (χ3v) is 2.81. The number of β-amino-alcohol motifs (C(OH)–C–C–N with tert-alkyl or cyclic N) is 1. The lowest BCUT2D eigenvalue weighted by atomic mass is 10.1. The summed E-state index contributed by atoms with van der Waals surface area (Å²) in [7, 11) is 0. The quantitative estimate of drug-likeness (QED) is 0.648. The largest absolute Gasteiger partial charge is 0.392 e. The van der Waals surface area contributed by atoms with Gasteiger partial charge in [-0.15, -0.1) is 0 Å². The summed E-state index contributed by atoms with van der Waals surface area (Å²) < 4.78 is 0. The van der Waals surface area contributed by atoms with Gasteiger partial charge in [0.1, 0.15) is 0 Å². The number of aliphatic hydroxyl groups excluding tert-OH is 1. The zero-order valence-corrected chi connectivity index (χ0v) is 8.45. The Bertz CT molecular complexity index is 136. The van der Waals surface area contributed by atoms with Crippen molar-refractivity contribution in [3.8, 4) is 0 Å². The smallest absolute Gasteiger partial charge is 0.0667 e. The van der Waals surface area contributed by atoms with Crippen molar-refractivity contribution in [3.05, 3.63) is 0 Å². The molecule has 1 heterocycles. The Labute approximate surface area is 75.6 Å². The van der Waals surface area contributed by atoms with E-state index in [0.717, 1.165) is 13.0 Å². The van der Waals surface area contributed by atoms with Crippen LogP contribution in [0.2, 0.25) is 0 Å². The van der Waals surface area contributed by atoms with Gasteiger partial charge in [0.15, 0.2) is 0 Å². The fourth-order valence-electron chi connectivity index (χ4n) is 2.05. The summed E-state index contributed by atoms with van der Waals surface area (Å²) in [6.07, 6.45) is 3.28. The lowest BCUT2D eigenvalue weighted by molar-refractivity contribution is 0.0848. The predicted octanol–water partition coefficient (Wildman–Crippen LogP) is 1.63. The van der Waals surface area contributed by atoms with Crippen molar-refractivity contribution in [1.82, 2.24) is 4.90 Å². The molecule has 0 aromatic heterocycles. The summed E-state index contributed by atoms with van der Waals surface area (Å²) in [6.45, 7) is 7.53. The number of hydrogen-bond donors (Lipinski definition) is 1. The molecule has 1 fully saturated rings. The first-order valence-corrected chi connectivity index (χ1v) is 5.05. The van der Waals surface area contributed by atoms with E-state index in [2.05, 4.69) is 25.7 Å². The molecule has 0 aromatic rings. The minimum absolute atomic E-state index is 0.0997. The molecule has 2 unspecified atom stereocenters. The van der Waals surface area contributed by atoms with E-state index in [0.29, 0.717) is 12.1 Å². The van der Waals surface area contributed by atoms with Crippen molar-refractivity contribution >= 4 is 0 Å². The Morgan fingerprint density at radius 1 is 1.33 bits per heavy atom. The van der Waals surface area contributed by atoms with E-state index in [1.54, 1.807) is 0 Å². The second kappa shape index (κ2) is 4.24. The Kier molecular flexibility index (Phi) is 3.53. The maximum Gasteiger partial charge on any atom is 0.0667 e. The molecule has 0 aromatic carbocycles. The van der Waals surface area contributed by atoms with Gasteiger partial charge in [0.25, 0.3) is 0 Å². The topological polar surface area (TPSA) is 23.5 Å². The molecule has 2 nitrogen and oxygen atoms in total. The van der Waals surface area contributed by atoms with E-state index in [1.807, 2.05) is 0 Å². The summed E-state index contributed by atoms with van der Waals surface area (Å²) >= 11 is 0. The molecule has 0 radical (unpaired) electrons. The number of rotatable bonds is 1. The molecule has 0 aliphatic carbocycles. The van der Waals surface area contributed by atoms with Crippen LogP contribution in [-0.2, 0) is 0 Å². The van der Waals surface area contributed by atoms with Gasteiger partial charge in [-0.05, 0) is 40.0 Å². The molecule has 1 saturated heterocycles. The number of likely N-dealkylation sites (tertiary alicyclic amines) is 1. The minimum Gasteiger partial charge on any atom is -0.392 e. The van der Waals surface area contributed by atoms with E-state index in [9.17, 15) is 5.11 Å². The molecule has 1 aliphatic rings. The van der Waals surface area contributed by atoms with Crippen LogP contribution in [0, 0.1) is 0 Å². The second-order valence-electron chi connectivity index (χ2n) is 4.22. The molecule has 1 N–H and O–H groups in total. The van der Waals surface area contributed by atoms with E-state index >= 15 is 0 Å². The van der Waals surface area contributed by atoms with Crippen LogP contribution in [0.3, 0.4) is 0 Å². The second-order valence-corrected chi connectivity index (χ2v) is 4.22. The average molecular weight is 171 g/mol. The fraction of sp³-hybridized carbons (Fsp3) is 1.00. The van der Waals surface area contributed by atoms with Gasteiger partial charge in [-0.25, -0.2) is 0 Å². The van der Waals surface area contributed by atoms with Gasteiger partial charge in [-0.1, -0.05) is 0 Å². The van der Waals surface area contributed by atoms with Gasteiger partial charge in [-0.3, -0.25) is 4.90 Å². The normalized spacial score (nSPS) is 33.8. The van der Waals surface area contributed by atoms with Gasteiger partial charge < -0.3 is 5.11 Å². The third-order valence-electron chi connectivity index (χ3n) is 2.81. The summed E-state index contributed by atoms with van der Waals surface area (Å²) in [5.41, 5.74) is 0. The molecular formula is C10H21NO. The van der Waals surface area contributed by atoms with Gasteiger partial charge in [0.05, 0.1) is 6.10 Å². The number of nitrogens with zero attached hydrogens (tertiary/aromatic N) is 1. The summed E-state index contributed by atoms with van der Waals surface area (Å²) in [5, 5.41) is 9.58. The van der Waals surface area contributed by atoms with Gasteiger partial charge in [0, 0.05) is 18.6 Å². The molecular weight excluding hydrogens is 150 g/mol. The predicted molar refractivity (Wildman–Crippen MR) is 51.2 cm³/mol. The molecule has 2 atom stereocenters. The first-order chi connectivity index (χ1) is 5.61. The Morgan fingerprint density at radius 2 is 2.00 bits per heavy atom. The highest BCUT2D eigenvalue weighted by Gasteiger charge is 2.23. The zero-order chi connectivity index (χ0) is 9.14. The van der Waals surface area contributed by atoms with Crippen molar-refractivity contribution in [2.75, 3.05) is 6.54 Å². The van der Waals surface area contributed by atoms with E-state index < -0.39 is 0 Å². The summed E-state index contributed by atoms with van der Waals surface area (Å²) in [6, 6.07) is 1.20. The highest BCUT2D eigenvalue weighted by molar-refractivity contribution is 4.78. The molecule has 0 saturated carbocycles. The van der Waals surface area contributed by atoms with Crippen molar-refractivity contribution in [3.63, 3.8) is 0 Å². The van der Waals surface area contributed by atoms with Crippen LogP contribution in [0.15, 0.2) is 0 Å².